The molecule has 1 N–H and O–H groups in total. The molecule has 0 spiro atoms. The van der Waals surface area contributed by atoms with E-state index in [0.29, 0.717) is 31.1 Å². The number of nitrogens with zero attached hydrogens (tertiary/aromatic N) is 1. The van der Waals surface area contributed by atoms with Gasteiger partial charge in [0.05, 0.1) is 17.3 Å². The Bertz CT molecular complexity index is 940. The van der Waals surface area contributed by atoms with E-state index in [2.05, 4.69) is 5.32 Å². The van der Waals surface area contributed by atoms with Crippen molar-refractivity contribution in [1.29, 1.82) is 0 Å². The first-order valence-corrected chi connectivity index (χ1v) is 10.6. The minimum Gasteiger partial charge on any atom is -0.492 e. The largest absolute Gasteiger partial charge is 0.492 e. The third kappa shape index (κ3) is 4.26. The van der Waals surface area contributed by atoms with Crippen LogP contribution in [0.5, 0.6) is 5.75 Å². The van der Waals surface area contributed by atoms with Gasteiger partial charge in [-0.2, -0.15) is 4.31 Å². The molecule has 1 aliphatic heterocycles. The third-order valence-corrected chi connectivity index (χ3v) is 6.69. The number of ether oxygens (including phenoxy) is 1. The summed E-state index contributed by atoms with van der Waals surface area (Å²) in [4.78, 5) is 12.6. The van der Waals surface area contributed by atoms with Gasteiger partial charge in [0, 0.05) is 18.7 Å². The number of benzene rings is 2. The van der Waals surface area contributed by atoms with E-state index in [1.165, 1.54) is 22.5 Å². The average molecular weight is 409 g/mol. The Morgan fingerprint density at radius 2 is 1.89 bits per heavy atom. The number of nitrogens with one attached hydrogen (secondary N) is 1. The van der Waals surface area contributed by atoms with Crippen molar-refractivity contribution in [2.75, 3.05) is 25.0 Å². The van der Waals surface area contributed by atoms with Gasteiger partial charge in [0.2, 0.25) is 10.0 Å². The fraction of sp³-hybridized carbons (Fsp3) is 0.316. The second-order valence-corrected chi connectivity index (χ2v) is 8.45. The maximum Gasteiger partial charge on any atom is 0.255 e. The Morgan fingerprint density at radius 1 is 1.19 bits per heavy atom. The van der Waals surface area contributed by atoms with E-state index in [1.807, 2.05) is 13.0 Å². The second kappa shape index (κ2) is 8.29. The number of sulfonamides is 1. The van der Waals surface area contributed by atoms with Crippen LogP contribution in [0.3, 0.4) is 0 Å². The van der Waals surface area contributed by atoms with Crippen molar-refractivity contribution in [3.05, 3.63) is 53.1 Å². The van der Waals surface area contributed by atoms with Crippen LogP contribution in [0, 0.1) is 0 Å². The van der Waals surface area contributed by atoms with E-state index < -0.39 is 15.9 Å². The van der Waals surface area contributed by atoms with Gasteiger partial charge in [-0.15, -0.1) is 0 Å². The Kier molecular flexibility index (Phi) is 6.04. The van der Waals surface area contributed by atoms with Gasteiger partial charge in [-0.1, -0.05) is 23.7 Å². The summed E-state index contributed by atoms with van der Waals surface area (Å²) in [7, 11) is -3.72. The quantitative estimate of drug-likeness (QED) is 0.789. The minimum atomic E-state index is -3.72. The lowest BCUT2D eigenvalue weighted by atomic mass is 10.2. The predicted octanol–water partition coefficient (Wildman–Crippen LogP) is 3.78. The molecule has 27 heavy (non-hydrogen) atoms. The van der Waals surface area contributed by atoms with E-state index in [9.17, 15) is 13.2 Å². The molecular weight excluding hydrogens is 388 g/mol. The topological polar surface area (TPSA) is 75.7 Å². The molecule has 0 radical (unpaired) electrons. The molecule has 2 aromatic carbocycles. The zero-order valence-electron chi connectivity index (χ0n) is 14.9. The highest BCUT2D eigenvalue weighted by molar-refractivity contribution is 7.89. The molecule has 1 aliphatic rings. The van der Waals surface area contributed by atoms with Gasteiger partial charge in [-0.3, -0.25) is 4.79 Å². The fourth-order valence-electron chi connectivity index (χ4n) is 2.96. The van der Waals surface area contributed by atoms with E-state index in [-0.39, 0.29) is 15.5 Å². The zero-order valence-corrected chi connectivity index (χ0v) is 16.5. The van der Waals surface area contributed by atoms with E-state index >= 15 is 0 Å². The van der Waals surface area contributed by atoms with Crippen LogP contribution in [0.25, 0.3) is 0 Å². The van der Waals surface area contributed by atoms with Crippen LogP contribution >= 0.6 is 11.6 Å². The number of para-hydroxylation sites is 2. The summed E-state index contributed by atoms with van der Waals surface area (Å²) in [5, 5.41) is 2.87. The second-order valence-electron chi connectivity index (χ2n) is 6.14. The molecule has 8 heteroatoms. The molecule has 6 nitrogen and oxygen atoms in total. The van der Waals surface area contributed by atoms with Gasteiger partial charge >= 0.3 is 0 Å². The Morgan fingerprint density at radius 3 is 2.59 bits per heavy atom. The normalized spacial score (nSPS) is 14.9. The molecule has 0 atom stereocenters. The molecule has 0 unspecified atom stereocenters. The maximum atomic E-state index is 12.8. The number of anilines is 1. The van der Waals surface area contributed by atoms with Gasteiger partial charge in [0.1, 0.15) is 10.6 Å². The van der Waals surface area contributed by atoms with Crippen LogP contribution in [0.1, 0.15) is 30.1 Å². The van der Waals surface area contributed by atoms with Crippen molar-refractivity contribution in [3.8, 4) is 5.75 Å². The lowest BCUT2D eigenvalue weighted by Crippen LogP contribution is -2.28. The minimum absolute atomic E-state index is 0.0446. The van der Waals surface area contributed by atoms with Crippen molar-refractivity contribution in [3.63, 3.8) is 0 Å². The Balaban J connectivity index is 1.89. The number of rotatable bonds is 6. The van der Waals surface area contributed by atoms with Crippen LogP contribution in [0.2, 0.25) is 5.02 Å². The summed E-state index contributed by atoms with van der Waals surface area (Å²) in [6.45, 7) is 3.26. The van der Waals surface area contributed by atoms with Crippen LogP contribution in [0.15, 0.2) is 47.4 Å². The first-order valence-electron chi connectivity index (χ1n) is 8.76. The summed E-state index contributed by atoms with van der Waals surface area (Å²) < 4.78 is 32.5. The van der Waals surface area contributed by atoms with Crippen LogP contribution in [-0.2, 0) is 10.0 Å². The summed E-state index contributed by atoms with van der Waals surface area (Å²) in [5.74, 6) is 0.115. The lowest BCUT2D eigenvalue weighted by molar-refractivity contribution is 0.102. The molecule has 1 heterocycles. The molecule has 1 saturated heterocycles. The highest BCUT2D eigenvalue weighted by Gasteiger charge is 2.29. The zero-order chi connectivity index (χ0) is 19.4. The van der Waals surface area contributed by atoms with Crippen molar-refractivity contribution in [1.82, 2.24) is 4.31 Å². The molecule has 0 bridgehead atoms. The molecule has 1 fully saturated rings. The number of halogens is 1. The third-order valence-electron chi connectivity index (χ3n) is 4.31. The SMILES string of the molecule is CCOc1ccccc1NC(=O)c1ccc(Cl)c(S(=O)(=O)N2CCCC2)c1. The lowest BCUT2D eigenvalue weighted by Gasteiger charge is -2.17. The van der Waals surface area contributed by atoms with Crippen molar-refractivity contribution in [2.45, 2.75) is 24.7 Å². The first kappa shape index (κ1) is 19.7. The predicted molar refractivity (Wildman–Crippen MR) is 105 cm³/mol. The van der Waals surface area contributed by atoms with Gasteiger partial charge in [-0.25, -0.2) is 8.42 Å². The number of carbonyl (C=O) groups excluding carboxylic acids is 1. The van der Waals surface area contributed by atoms with Gasteiger partial charge in [-0.05, 0) is 50.1 Å². The summed E-state index contributed by atoms with van der Waals surface area (Å²) >= 11 is 6.13. The Labute approximate surface area is 164 Å². The van der Waals surface area contributed by atoms with E-state index in [1.54, 1.807) is 18.2 Å². The standard InChI is InChI=1S/C19H21ClN2O4S/c1-2-26-17-8-4-3-7-16(17)21-19(23)14-9-10-15(20)18(13-14)27(24,25)22-11-5-6-12-22/h3-4,7-10,13H,2,5-6,11-12H2,1H3,(H,21,23). The molecule has 0 aliphatic carbocycles. The van der Waals surface area contributed by atoms with Crippen molar-refractivity contribution in [2.24, 2.45) is 0 Å². The number of hydrogen-bond donors (Lipinski definition) is 1. The fourth-order valence-corrected chi connectivity index (χ4v) is 4.97. The maximum absolute atomic E-state index is 12.8. The van der Waals surface area contributed by atoms with Gasteiger partial charge in [0.15, 0.2) is 0 Å². The highest BCUT2D eigenvalue weighted by Crippen LogP contribution is 2.29. The monoisotopic (exact) mass is 408 g/mol. The van der Waals surface area contributed by atoms with Crippen LogP contribution in [0.4, 0.5) is 5.69 Å². The molecular formula is C19H21ClN2O4S. The van der Waals surface area contributed by atoms with Crippen molar-refractivity contribution >= 4 is 33.2 Å². The molecule has 0 aromatic heterocycles. The molecule has 1 amide bonds. The number of hydrogen-bond acceptors (Lipinski definition) is 4. The molecule has 0 saturated carbocycles. The van der Waals surface area contributed by atoms with Crippen LogP contribution in [-0.4, -0.2) is 38.3 Å². The summed E-state index contributed by atoms with van der Waals surface area (Å²) in [5.41, 5.74) is 0.728. The number of carbonyl (C=O) groups is 1. The highest BCUT2D eigenvalue weighted by atomic mass is 35.5. The first-order chi connectivity index (χ1) is 12.9. The molecule has 144 valence electrons. The van der Waals surface area contributed by atoms with Crippen LogP contribution < -0.4 is 10.1 Å². The average Bonchev–Trinajstić information content (AvgIpc) is 3.19. The molecule has 3 rings (SSSR count). The molecule has 2 aromatic rings. The summed E-state index contributed by atoms with van der Waals surface area (Å²) in [6.07, 6.45) is 1.65. The van der Waals surface area contributed by atoms with Gasteiger partial charge < -0.3 is 10.1 Å². The van der Waals surface area contributed by atoms with E-state index in [0.717, 1.165) is 12.8 Å². The van der Waals surface area contributed by atoms with Gasteiger partial charge in [0.25, 0.3) is 5.91 Å². The van der Waals surface area contributed by atoms with Crippen molar-refractivity contribution < 1.29 is 17.9 Å². The Hall–Kier alpha value is -2.09. The smallest absolute Gasteiger partial charge is 0.255 e. The summed E-state index contributed by atoms with van der Waals surface area (Å²) in [6, 6.07) is 11.3. The number of amides is 1. The van der Waals surface area contributed by atoms with E-state index in [4.69, 9.17) is 16.3 Å².